The highest BCUT2D eigenvalue weighted by Gasteiger charge is 2.02. The molecule has 0 saturated carbocycles. The highest BCUT2D eigenvalue weighted by atomic mass is 16.5. The summed E-state index contributed by atoms with van der Waals surface area (Å²) >= 11 is 0. The van der Waals surface area contributed by atoms with E-state index in [0.717, 1.165) is 0 Å². The van der Waals surface area contributed by atoms with Crippen molar-refractivity contribution in [3.05, 3.63) is 24.3 Å². The zero-order valence-electron chi connectivity index (χ0n) is 9.19. The van der Waals surface area contributed by atoms with E-state index in [9.17, 15) is 9.59 Å². The summed E-state index contributed by atoms with van der Waals surface area (Å²) in [6.07, 6.45) is 0. The lowest BCUT2D eigenvalue weighted by Gasteiger charge is -2.10. The maximum atomic E-state index is 11.3. The van der Waals surface area contributed by atoms with Gasteiger partial charge in [-0.25, -0.2) is 4.79 Å². The Morgan fingerprint density at radius 3 is 2.44 bits per heavy atom. The summed E-state index contributed by atoms with van der Waals surface area (Å²) in [6, 6.07) is 6.31. The maximum absolute atomic E-state index is 11.3. The van der Waals surface area contributed by atoms with Crippen molar-refractivity contribution in [3.8, 4) is 5.75 Å². The van der Waals surface area contributed by atoms with Crippen LogP contribution in [0.4, 0.5) is 10.5 Å². The molecular weight excluding hydrogens is 208 g/mol. The van der Waals surface area contributed by atoms with Gasteiger partial charge in [0.15, 0.2) is 0 Å². The standard InChI is InChI=1S/C11H14N2O3/c1-8(2)12-11(15)13-9-3-5-10(6-4-9)16-7-14/h3-8H,1-2H3,(H2,12,13,15). The summed E-state index contributed by atoms with van der Waals surface area (Å²) in [5, 5.41) is 5.34. The summed E-state index contributed by atoms with van der Waals surface area (Å²) in [5.41, 5.74) is 0.636. The van der Waals surface area contributed by atoms with Crippen molar-refractivity contribution in [1.29, 1.82) is 0 Å². The van der Waals surface area contributed by atoms with Gasteiger partial charge in [0, 0.05) is 11.7 Å². The van der Waals surface area contributed by atoms with E-state index >= 15 is 0 Å². The van der Waals surface area contributed by atoms with Crippen LogP contribution in [0.15, 0.2) is 24.3 Å². The highest BCUT2D eigenvalue weighted by Crippen LogP contribution is 2.14. The number of carbonyl (C=O) groups is 2. The number of benzene rings is 1. The van der Waals surface area contributed by atoms with Crippen LogP contribution >= 0.6 is 0 Å². The van der Waals surface area contributed by atoms with E-state index < -0.39 is 0 Å². The third-order valence-electron chi connectivity index (χ3n) is 1.72. The summed E-state index contributed by atoms with van der Waals surface area (Å²) in [5.74, 6) is 0.435. The van der Waals surface area contributed by atoms with Gasteiger partial charge in [0.25, 0.3) is 6.47 Å². The van der Waals surface area contributed by atoms with E-state index in [1.54, 1.807) is 24.3 Å². The molecule has 0 aliphatic heterocycles. The fourth-order valence-electron chi connectivity index (χ4n) is 1.10. The first-order valence-corrected chi connectivity index (χ1v) is 4.89. The van der Waals surface area contributed by atoms with Gasteiger partial charge in [-0.05, 0) is 38.1 Å². The molecule has 1 aromatic rings. The predicted octanol–water partition coefficient (Wildman–Crippen LogP) is 1.75. The van der Waals surface area contributed by atoms with Gasteiger partial charge < -0.3 is 15.4 Å². The molecule has 0 aromatic heterocycles. The average molecular weight is 222 g/mol. The van der Waals surface area contributed by atoms with E-state index in [1.807, 2.05) is 13.8 Å². The molecule has 0 aliphatic carbocycles. The van der Waals surface area contributed by atoms with Crippen LogP contribution in [-0.2, 0) is 4.79 Å². The third-order valence-corrected chi connectivity index (χ3v) is 1.72. The molecule has 0 fully saturated rings. The average Bonchev–Trinajstić information content (AvgIpc) is 2.20. The first-order chi connectivity index (χ1) is 7.61. The minimum absolute atomic E-state index is 0.0812. The molecule has 1 aromatic carbocycles. The van der Waals surface area contributed by atoms with Crippen molar-refractivity contribution in [2.45, 2.75) is 19.9 Å². The first-order valence-electron chi connectivity index (χ1n) is 4.89. The summed E-state index contributed by atoms with van der Waals surface area (Å²) in [7, 11) is 0. The third kappa shape index (κ3) is 4.00. The van der Waals surface area contributed by atoms with Crippen molar-refractivity contribution in [1.82, 2.24) is 5.32 Å². The fraction of sp³-hybridized carbons (Fsp3) is 0.273. The Bertz CT molecular complexity index is 360. The lowest BCUT2D eigenvalue weighted by atomic mass is 10.3. The van der Waals surface area contributed by atoms with Gasteiger partial charge in [-0.3, -0.25) is 4.79 Å². The number of rotatable bonds is 4. The van der Waals surface area contributed by atoms with Crippen molar-refractivity contribution in [2.75, 3.05) is 5.32 Å². The molecule has 0 saturated heterocycles. The molecule has 5 nitrogen and oxygen atoms in total. The first kappa shape index (κ1) is 12.0. The van der Waals surface area contributed by atoms with Crippen molar-refractivity contribution < 1.29 is 14.3 Å². The zero-order valence-corrected chi connectivity index (χ0v) is 9.19. The molecule has 2 N–H and O–H groups in total. The molecule has 0 aliphatic rings. The summed E-state index contributed by atoms with van der Waals surface area (Å²) < 4.78 is 4.62. The number of ether oxygens (including phenoxy) is 1. The largest absolute Gasteiger partial charge is 0.429 e. The highest BCUT2D eigenvalue weighted by molar-refractivity contribution is 5.89. The van der Waals surface area contributed by atoms with Gasteiger partial charge in [0.1, 0.15) is 5.75 Å². The second-order valence-corrected chi connectivity index (χ2v) is 3.49. The van der Waals surface area contributed by atoms with Gasteiger partial charge in [-0.2, -0.15) is 0 Å². The van der Waals surface area contributed by atoms with Crippen LogP contribution in [0.3, 0.4) is 0 Å². The second-order valence-electron chi connectivity index (χ2n) is 3.49. The number of anilines is 1. The molecule has 5 heteroatoms. The topological polar surface area (TPSA) is 67.4 Å². The summed E-state index contributed by atoms with van der Waals surface area (Å²) in [4.78, 5) is 21.4. The molecule has 0 radical (unpaired) electrons. The molecule has 86 valence electrons. The van der Waals surface area contributed by atoms with E-state index in [1.165, 1.54) is 0 Å². The van der Waals surface area contributed by atoms with Crippen LogP contribution in [0.5, 0.6) is 5.75 Å². The molecule has 0 atom stereocenters. The van der Waals surface area contributed by atoms with Gasteiger partial charge in [0.05, 0.1) is 0 Å². The number of hydrogen-bond acceptors (Lipinski definition) is 3. The van der Waals surface area contributed by atoms with Crippen LogP contribution in [0.1, 0.15) is 13.8 Å². The van der Waals surface area contributed by atoms with Gasteiger partial charge in [0.2, 0.25) is 0 Å². The van der Waals surface area contributed by atoms with Crippen molar-refractivity contribution in [3.63, 3.8) is 0 Å². The van der Waals surface area contributed by atoms with Crippen LogP contribution in [0, 0.1) is 0 Å². The molecule has 0 unspecified atom stereocenters. The maximum Gasteiger partial charge on any atom is 0.319 e. The Labute approximate surface area is 93.8 Å². The van der Waals surface area contributed by atoms with Gasteiger partial charge in [-0.15, -0.1) is 0 Å². The second kappa shape index (κ2) is 5.75. The molecular formula is C11H14N2O3. The Kier molecular flexibility index (Phi) is 4.32. The van der Waals surface area contributed by atoms with Crippen molar-refractivity contribution in [2.24, 2.45) is 0 Å². The quantitative estimate of drug-likeness (QED) is 0.762. The smallest absolute Gasteiger partial charge is 0.319 e. The molecule has 0 heterocycles. The summed E-state index contributed by atoms with van der Waals surface area (Å²) in [6.45, 7) is 4.11. The van der Waals surface area contributed by atoms with Gasteiger partial charge in [-0.1, -0.05) is 0 Å². The SMILES string of the molecule is CC(C)NC(=O)Nc1ccc(OC=O)cc1. The molecule has 2 amide bonds. The van der Waals surface area contributed by atoms with E-state index in [4.69, 9.17) is 0 Å². The van der Waals surface area contributed by atoms with E-state index in [0.29, 0.717) is 17.9 Å². The molecule has 0 bridgehead atoms. The number of amides is 2. The normalized spacial score (nSPS) is 9.69. The number of nitrogens with one attached hydrogen (secondary N) is 2. The minimum Gasteiger partial charge on any atom is -0.429 e. The van der Waals surface area contributed by atoms with Crippen LogP contribution in [0.25, 0.3) is 0 Å². The van der Waals surface area contributed by atoms with Crippen molar-refractivity contribution >= 4 is 18.2 Å². The Hall–Kier alpha value is -2.04. The Balaban J connectivity index is 2.54. The molecule has 16 heavy (non-hydrogen) atoms. The minimum atomic E-state index is -0.265. The monoisotopic (exact) mass is 222 g/mol. The zero-order chi connectivity index (χ0) is 12.0. The van der Waals surface area contributed by atoms with Crippen LogP contribution in [0.2, 0.25) is 0 Å². The van der Waals surface area contributed by atoms with Crippen LogP contribution in [-0.4, -0.2) is 18.5 Å². The molecule has 1 rings (SSSR count). The number of hydrogen-bond donors (Lipinski definition) is 2. The number of urea groups is 1. The Morgan fingerprint density at radius 2 is 1.94 bits per heavy atom. The van der Waals surface area contributed by atoms with E-state index in [2.05, 4.69) is 15.4 Å². The Morgan fingerprint density at radius 1 is 1.31 bits per heavy atom. The van der Waals surface area contributed by atoms with Crippen LogP contribution < -0.4 is 15.4 Å². The van der Waals surface area contributed by atoms with Gasteiger partial charge >= 0.3 is 6.03 Å². The number of carbonyl (C=O) groups excluding carboxylic acids is 2. The lowest BCUT2D eigenvalue weighted by molar-refractivity contribution is -0.120. The fourth-order valence-corrected chi connectivity index (χ4v) is 1.10. The predicted molar refractivity (Wildman–Crippen MR) is 60.4 cm³/mol. The lowest BCUT2D eigenvalue weighted by Crippen LogP contribution is -2.34. The van der Waals surface area contributed by atoms with E-state index in [-0.39, 0.29) is 12.1 Å². The molecule has 0 spiro atoms.